The summed E-state index contributed by atoms with van der Waals surface area (Å²) >= 11 is 1.86. The molecule has 0 radical (unpaired) electrons. The lowest BCUT2D eigenvalue weighted by atomic mass is 9.95. The molecular weight excluding hydrogens is 284 g/mol. The molecule has 1 aromatic rings. The first-order chi connectivity index (χ1) is 10.2. The third kappa shape index (κ3) is 3.68. The third-order valence-electron chi connectivity index (χ3n) is 4.14. The van der Waals surface area contributed by atoms with Crippen molar-refractivity contribution in [1.82, 2.24) is 20.2 Å². The number of aromatic nitrogens is 2. The molecule has 2 N–H and O–H groups in total. The Hall–Kier alpha value is -1.27. The zero-order chi connectivity index (χ0) is 14.7. The van der Waals surface area contributed by atoms with Gasteiger partial charge in [-0.05, 0) is 25.7 Å². The van der Waals surface area contributed by atoms with Gasteiger partial charge < -0.3 is 9.88 Å². The fraction of sp³-hybridized carbons (Fsp3) is 0.600. The van der Waals surface area contributed by atoms with Crippen LogP contribution < -0.4 is 10.6 Å². The molecule has 2 heterocycles. The second-order valence-corrected chi connectivity index (χ2v) is 7.00. The minimum atomic E-state index is -0.135. The van der Waals surface area contributed by atoms with Crippen LogP contribution in [0.5, 0.6) is 0 Å². The topological polar surface area (TPSA) is 59.0 Å². The summed E-state index contributed by atoms with van der Waals surface area (Å²) in [4.78, 5) is 16.4. The molecule has 3 rings (SSSR count). The number of aryl methyl sites for hydroxylation is 1. The molecule has 1 aliphatic carbocycles. The maximum atomic E-state index is 12.1. The van der Waals surface area contributed by atoms with Crippen LogP contribution in [0, 0.1) is 0 Å². The van der Waals surface area contributed by atoms with Crippen LogP contribution in [0.2, 0.25) is 0 Å². The highest BCUT2D eigenvalue weighted by Crippen LogP contribution is 2.32. The van der Waals surface area contributed by atoms with E-state index in [1.807, 2.05) is 43.4 Å². The minimum Gasteiger partial charge on any atom is -0.352 e. The number of carbonyl (C=O) groups excluding carboxylic acids is 1. The van der Waals surface area contributed by atoms with E-state index in [0.717, 1.165) is 37.4 Å². The fourth-order valence-corrected chi connectivity index (χ4v) is 4.03. The molecule has 0 saturated heterocycles. The molecular formula is C15H22N4OS. The van der Waals surface area contributed by atoms with Crippen molar-refractivity contribution in [3.63, 3.8) is 0 Å². The van der Waals surface area contributed by atoms with E-state index in [1.165, 1.54) is 0 Å². The van der Waals surface area contributed by atoms with E-state index in [1.54, 1.807) is 0 Å². The number of amides is 1. The van der Waals surface area contributed by atoms with Crippen LogP contribution in [-0.4, -0.2) is 39.3 Å². The predicted molar refractivity (Wildman–Crippen MR) is 84.2 cm³/mol. The Morgan fingerprint density at radius 2 is 2.24 bits per heavy atom. The molecule has 0 aromatic carbocycles. The van der Waals surface area contributed by atoms with Crippen LogP contribution in [0.3, 0.4) is 0 Å². The molecule has 1 aliphatic heterocycles. The van der Waals surface area contributed by atoms with Gasteiger partial charge in [-0.25, -0.2) is 4.98 Å². The second kappa shape index (κ2) is 6.66. The first kappa shape index (κ1) is 14.7. The highest BCUT2D eigenvalue weighted by molar-refractivity contribution is 7.99. The Morgan fingerprint density at radius 1 is 1.43 bits per heavy atom. The van der Waals surface area contributed by atoms with Gasteiger partial charge in [-0.3, -0.25) is 10.1 Å². The summed E-state index contributed by atoms with van der Waals surface area (Å²) in [6, 6.07) is 0.191. The zero-order valence-electron chi connectivity index (χ0n) is 12.3. The van der Waals surface area contributed by atoms with E-state index < -0.39 is 0 Å². The molecule has 0 bridgehead atoms. The fourth-order valence-electron chi connectivity index (χ4n) is 2.88. The van der Waals surface area contributed by atoms with E-state index in [-0.39, 0.29) is 11.9 Å². The summed E-state index contributed by atoms with van der Waals surface area (Å²) in [7, 11) is 2.03. The van der Waals surface area contributed by atoms with Crippen molar-refractivity contribution in [2.45, 2.75) is 48.2 Å². The van der Waals surface area contributed by atoms with E-state index in [9.17, 15) is 4.79 Å². The van der Waals surface area contributed by atoms with Crippen LogP contribution in [-0.2, 0) is 11.8 Å². The smallest absolute Gasteiger partial charge is 0.241 e. The van der Waals surface area contributed by atoms with E-state index in [0.29, 0.717) is 11.3 Å². The lowest BCUT2D eigenvalue weighted by molar-refractivity contribution is -0.122. The monoisotopic (exact) mass is 306 g/mol. The molecule has 1 saturated carbocycles. The molecule has 6 heteroatoms. The maximum Gasteiger partial charge on any atom is 0.241 e. The van der Waals surface area contributed by atoms with Gasteiger partial charge in [0.1, 0.15) is 6.04 Å². The Kier molecular flexibility index (Phi) is 4.65. The number of rotatable bonds is 4. The van der Waals surface area contributed by atoms with Gasteiger partial charge in [-0.15, -0.1) is 0 Å². The number of thioether (sulfide) groups is 1. The SMILES string of the molecule is Cn1ccnc1SC1CCC(NC(=O)C2C=CCN2)CC1. The summed E-state index contributed by atoms with van der Waals surface area (Å²) in [5.74, 6) is 0.115. The van der Waals surface area contributed by atoms with Gasteiger partial charge in [0.25, 0.3) is 0 Å². The van der Waals surface area contributed by atoms with Gasteiger partial charge in [-0.1, -0.05) is 23.9 Å². The standard InChI is InChI=1S/C15H22N4OS/c1-19-10-9-17-15(19)21-12-6-4-11(5-7-12)18-14(20)13-3-2-8-16-13/h2-3,9-13,16H,4-8H2,1H3,(H,18,20). The van der Waals surface area contributed by atoms with Gasteiger partial charge in [0.05, 0.1) is 0 Å². The first-order valence-corrected chi connectivity index (χ1v) is 8.45. The lowest BCUT2D eigenvalue weighted by Crippen LogP contribution is -2.46. The number of hydrogen-bond donors (Lipinski definition) is 2. The van der Waals surface area contributed by atoms with Crippen LogP contribution in [0.15, 0.2) is 29.7 Å². The summed E-state index contributed by atoms with van der Waals surface area (Å²) in [6.45, 7) is 0.797. The van der Waals surface area contributed by atoms with Gasteiger partial charge in [0, 0.05) is 37.3 Å². The summed E-state index contributed by atoms with van der Waals surface area (Å²) in [5, 5.41) is 8.02. The van der Waals surface area contributed by atoms with Crippen molar-refractivity contribution >= 4 is 17.7 Å². The number of nitrogens with zero attached hydrogens (tertiary/aromatic N) is 2. The van der Waals surface area contributed by atoms with Crippen molar-refractivity contribution < 1.29 is 4.79 Å². The van der Waals surface area contributed by atoms with Crippen LogP contribution in [0.1, 0.15) is 25.7 Å². The molecule has 0 spiro atoms. The number of carbonyl (C=O) groups is 1. The average molecular weight is 306 g/mol. The Labute approximate surface area is 129 Å². The molecule has 5 nitrogen and oxygen atoms in total. The van der Waals surface area contributed by atoms with Gasteiger partial charge in [-0.2, -0.15) is 0 Å². The molecule has 1 atom stereocenters. The van der Waals surface area contributed by atoms with Crippen LogP contribution >= 0.6 is 11.8 Å². The molecule has 1 unspecified atom stereocenters. The van der Waals surface area contributed by atoms with Crippen molar-refractivity contribution in [2.24, 2.45) is 7.05 Å². The second-order valence-electron chi connectivity index (χ2n) is 5.73. The summed E-state index contributed by atoms with van der Waals surface area (Å²) in [5.41, 5.74) is 0. The Morgan fingerprint density at radius 3 is 2.86 bits per heavy atom. The largest absolute Gasteiger partial charge is 0.352 e. The van der Waals surface area contributed by atoms with Crippen molar-refractivity contribution in [3.8, 4) is 0 Å². The molecule has 1 amide bonds. The highest BCUT2D eigenvalue weighted by Gasteiger charge is 2.26. The van der Waals surface area contributed by atoms with E-state index >= 15 is 0 Å². The average Bonchev–Trinajstić information content (AvgIpc) is 3.14. The third-order valence-corrected chi connectivity index (χ3v) is 5.55. The van der Waals surface area contributed by atoms with E-state index in [4.69, 9.17) is 0 Å². The van der Waals surface area contributed by atoms with Gasteiger partial charge >= 0.3 is 0 Å². The van der Waals surface area contributed by atoms with Crippen LogP contribution in [0.25, 0.3) is 0 Å². The van der Waals surface area contributed by atoms with Crippen molar-refractivity contribution in [2.75, 3.05) is 6.54 Å². The Balaban J connectivity index is 1.43. The van der Waals surface area contributed by atoms with Gasteiger partial charge in [0.2, 0.25) is 5.91 Å². The van der Waals surface area contributed by atoms with Gasteiger partial charge in [0.15, 0.2) is 5.16 Å². The molecule has 114 valence electrons. The highest BCUT2D eigenvalue weighted by atomic mass is 32.2. The summed E-state index contributed by atoms with van der Waals surface area (Å²) < 4.78 is 2.07. The molecule has 1 fully saturated rings. The summed E-state index contributed by atoms with van der Waals surface area (Å²) in [6.07, 6.45) is 12.2. The quantitative estimate of drug-likeness (QED) is 0.827. The predicted octanol–water partition coefficient (Wildman–Crippen LogP) is 1.47. The maximum absolute atomic E-state index is 12.1. The zero-order valence-corrected chi connectivity index (χ0v) is 13.1. The normalized spacial score (nSPS) is 28.7. The molecule has 21 heavy (non-hydrogen) atoms. The van der Waals surface area contributed by atoms with Crippen molar-refractivity contribution in [3.05, 3.63) is 24.5 Å². The van der Waals surface area contributed by atoms with Crippen molar-refractivity contribution in [1.29, 1.82) is 0 Å². The molecule has 1 aromatic heterocycles. The molecule has 2 aliphatic rings. The Bertz CT molecular complexity index is 519. The minimum absolute atomic E-state index is 0.115. The number of nitrogens with one attached hydrogen (secondary N) is 2. The van der Waals surface area contributed by atoms with E-state index in [2.05, 4.69) is 20.2 Å². The van der Waals surface area contributed by atoms with Crippen LogP contribution in [0.4, 0.5) is 0 Å². The first-order valence-electron chi connectivity index (χ1n) is 7.57. The number of imidazole rings is 1. The number of hydrogen-bond acceptors (Lipinski definition) is 4. The lowest BCUT2D eigenvalue weighted by Gasteiger charge is -2.29.